The Morgan fingerprint density at radius 3 is 2.62 bits per heavy atom. The van der Waals surface area contributed by atoms with Crippen LogP contribution in [-0.2, 0) is 4.79 Å². The number of ether oxygens (including phenoxy) is 1. The number of aromatic nitrogens is 2. The molecule has 5 nitrogen and oxygen atoms in total. The first-order valence-electron chi connectivity index (χ1n) is 10.6. The number of carbonyl (C=O) groups excluding carboxylic acids is 1. The average Bonchev–Trinajstić information content (AvgIpc) is 3.33. The molecule has 7 heteroatoms. The minimum absolute atomic E-state index is 0.0207. The number of hydrogen-bond donors (Lipinski definition) is 0. The molecule has 1 aromatic heterocycles. The van der Waals surface area contributed by atoms with E-state index in [0.717, 1.165) is 34.7 Å². The fourth-order valence-corrected chi connectivity index (χ4v) is 4.96. The number of benzene rings is 2. The first-order valence-corrected chi connectivity index (χ1v) is 11.9. The predicted molar refractivity (Wildman–Crippen MR) is 135 cm³/mol. The van der Waals surface area contributed by atoms with Crippen LogP contribution in [0.25, 0.3) is 23.0 Å². The number of nitrogens with zero attached hydrogens (tertiary/aromatic N) is 3. The number of hydrogen-bond acceptors (Lipinski definition) is 5. The summed E-state index contributed by atoms with van der Waals surface area (Å²) in [5, 5.41) is 4.86. The molecule has 0 radical (unpaired) electrons. The summed E-state index contributed by atoms with van der Waals surface area (Å²) in [7, 11) is 0. The summed E-state index contributed by atoms with van der Waals surface area (Å²) >= 11 is 6.78. The van der Waals surface area contributed by atoms with Gasteiger partial charge in [0.1, 0.15) is 15.8 Å². The Kier molecular flexibility index (Phi) is 6.77. The molecular formula is C25H25N3O2S2. The lowest BCUT2D eigenvalue weighted by atomic mass is 10.1. The number of rotatable bonds is 7. The fourth-order valence-electron chi connectivity index (χ4n) is 3.45. The number of para-hydroxylation sites is 1. The van der Waals surface area contributed by atoms with Crippen molar-refractivity contribution < 1.29 is 9.53 Å². The maximum absolute atomic E-state index is 13.0. The van der Waals surface area contributed by atoms with Crippen molar-refractivity contribution in [3.8, 4) is 22.7 Å². The lowest BCUT2D eigenvalue weighted by molar-refractivity contribution is -0.123. The quantitative estimate of drug-likeness (QED) is 0.321. The van der Waals surface area contributed by atoms with Crippen molar-refractivity contribution in [1.82, 2.24) is 14.7 Å². The van der Waals surface area contributed by atoms with Crippen LogP contribution in [0.4, 0.5) is 0 Å². The number of carbonyl (C=O) groups is 1. The number of thiocarbonyl (C=S) groups is 1. The Bertz CT molecular complexity index is 1170. The Labute approximate surface area is 198 Å². The van der Waals surface area contributed by atoms with Gasteiger partial charge < -0.3 is 4.74 Å². The highest BCUT2D eigenvalue weighted by Gasteiger charge is 2.34. The predicted octanol–water partition coefficient (Wildman–Crippen LogP) is 5.94. The Morgan fingerprint density at radius 2 is 1.94 bits per heavy atom. The molecule has 3 aromatic rings. The summed E-state index contributed by atoms with van der Waals surface area (Å²) in [6, 6.07) is 17.8. The van der Waals surface area contributed by atoms with Crippen molar-refractivity contribution in [2.75, 3.05) is 6.61 Å². The molecule has 1 amide bonds. The minimum Gasteiger partial charge on any atom is -0.494 e. The van der Waals surface area contributed by atoms with E-state index in [-0.39, 0.29) is 11.9 Å². The number of thioether (sulfide) groups is 1. The molecule has 0 atom stereocenters. The molecule has 2 aromatic carbocycles. The zero-order valence-electron chi connectivity index (χ0n) is 18.3. The van der Waals surface area contributed by atoms with Crippen LogP contribution >= 0.6 is 24.0 Å². The zero-order chi connectivity index (χ0) is 22.7. The van der Waals surface area contributed by atoms with Gasteiger partial charge >= 0.3 is 0 Å². The van der Waals surface area contributed by atoms with E-state index in [1.165, 1.54) is 11.8 Å². The SMILES string of the molecule is CCCOc1cccc(-c2nn(-c3ccccc3)cc2C=C2SC(=S)N(C(C)C)C2=O)c1. The first-order chi connectivity index (χ1) is 15.5. The normalized spacial score (nSPS) is 15.2. The largest absolute Gasteiger partial charge is 0.494 e. The summed E-state index contributed by atoms with van der Waals surface area (Å²) in [5.74, 6) is 0.740. The van der Waals surface area contributed by atoms with Gasteiger partial charge in [0.2, 0.25) is 0 Å². The van der Waals surface area contributed by atoms with Crippen LogP contribution in [0.5, 0.6) is 5.75 Å². The van der Waals surface area contributed by atoms with Crippen molar-refractivity contribution in [3.63, 3.8) is 0 Å². The van der Waals surface area contributed by atoms with Gasteiger partial charge in [-0.05, 0) is 50.6 Å². The van der Waals surface area contributed by atoms with Gasteiger partial charge in [0.15, 0.2) is 0 Å². The highest BCUT2D eigenvalue weighted by atomic mass is 32.2. The molecule has 0 spiro atoms. The second-order valence-electron chi connectivity index (χ2n) is 7.73. The molecule has 1 aliphatic heterocycles. The van der Waals surface area contributed by atoms with Crippen LogP contribution in [-0.4, -0.2) is 37.6 Å². The van der Waals surface area contributed by atoms with Gasteiger partial charge in [-0.15, -0.1) is 0 Å². The summed E-state index contributed by atoms with van der Waals surface area (Å²) in [6.45, 7) is 6.67. The number of amides is 1. The standard InChI is InChI=1S/C25H25N3O2S2/c1-4-13-30-21-12-8-9-18(14-21)23-19(16-27(26-23)20-10-6-5-7-11-20)15-22-24(29)28(17(2)3)25(31)32-22/h5-12,14-17H,4,13H2,1-3H3. The zero-order valence-corrected chi connectivity index (χ0v) is 20.0. The third-order valence-electron chi connectivity index (χ3n) is 4.97. The van der Waals surface area contributed by atoms with E-state index in [4.69, 9.17) is 22.1 Å². The molecule has 1 aliphatic rings. The molecule has 1 saturated heterocycles. The second kappa shape index (κ2) is 9.71. The molecule has 0 N–H and O–H groups in total. The van der Waals surface area contributed by atoms with E-state index in [2.05, 4.69) is 6.92 Å². The molecule has 0 saturated carbocycles. The monoisotopic (exact) mass is 463 g/mol. The van der Waals surface area contributed by atoms with Gasteiger partial charge in [0, 0.05) is 23.4 Å². The van der Waals surface area contributed by atoms with Crippen molar-refractivity contribution in [1.29, 1.82) is 0 Å². The summed E-state index contributed by atoms with van der Waals surface area (Å²) < 4.78 is 8.25. The fraction of sp³-hybridized carbons (Fsp3) is 0.240. The van der Waals surface area contributed by atoms with Gasteiger partial charge in [-0.25, -0.2) is 4.68 Å². The Morgan fingerprint density at radius 1 is 1.16 bits per heavy atom. The highest BCUT2D eigenvalue weighted by Crippen LogP contribution is 2.36. The summed E-state index contributed by atoms with van der Waals surface area (Å²) in [6.07, 6.45) is 4.78. The molecule has 4 rings (SSSR count). The molecule has 0 unspecified atom stereocenters. The van der Waals surface area contributed by atoms with E-state index in [1.54, 1.807) is 4.90 Å². The minimum atomic E-state index is -0.0616. The van der Waals surface area contributed by atoms with E-state index in [0.29, 0.717) is 15.8 Å². The third-order valence-corrected chi connectivity index (χ3v) is 6.30. The van der Waals surface area contributed by atoms with E-state index >= 15 is 0 Å². The van der Waals surface area contributed by atoms with E-state index in [1.807, 2.05) is 85.4 Å². The molecule has 164 valence electrons. The Hall–Kier alpha value is -2.90. The highest BCUT2D eigenvalue weighted by molar-refractivity contribution is 8.26. The lowest BCUT2D eigenvalue weighted by Gasteiger charge is -2.18. The molecule has 0 bridgehead atoms. The van der Waals surface area contributed by atoms with Crippen molar-refractivity contribution in [2.24, 2.45) is 0 Å². The molecule has 2 heterocycles. The van der Waals surface area contributed by atoms with Crippen LogP contribution in [0.3, 0.4) is 0 Å². The van der Waals surface area contributed by atoms with Crippen LogP contribution < -0.4 is 4.74 Å². The van der Waals surface area contributed by atoms with Gasteiger partial charge in [-0.1, -0.05) is 61.2 Å². The van der Waals surface area contributed by atoms with E-state index in [9.17, 15) is 4.79 Å². The smallest absolute Gasteiger partial charge is 0.266 e. The summed E-state index contributed by atoms with van der Waals surface area (Å²) in [4.78, 5) is 15.2. The lowest BCUT2D eigenvalue weighted by Crippen LogP contribution is -2.34. The van der Waals surface area contributed by atoms with Crippen LogP contribution in [0, 0.1) is 0 Å². The van der Waals surface area contributed by atoms with Gasteiger partial charge in [-0.3, -0.25) is 9.69 Å². The van der Waals surface area contributed by atoms with Gasteiger partial charge in [0.05, 0.1) is 17.2 Å². The topological polar surface area (TPSA) is 47.4 Å². The van der Waals surface area contributed by atoms with Gasteiger partial charge in [0.25, 0.3) is 5.91 Å². The van der Waals surface area contributed by atoms with Crippen molar-refractivity contribution in [3.05, 3.63) is 71.3 Å². The van der Waals surface area contributed by atoms with E-state index < -0.39 is 0 Å². The molecule has 1 fully saturated rings. The molecule has 32 heavy (non-hydrogen) atoms. The molecule has 0 aliphatic carbocycles. The van der Waals surface area contributed by atoms with Crippen LogP contribution in [0.2, 0.25) is 0 Å². The third kappa shape index (κ3) is 4.64. The second-order valence-corrected chi connectivity index (χ2v) is 9.41. The van der Waals surface area contributed by atoms with Gasteiger partial charge in [-0.2, -0.15) is 5.10 Å². The molecular weight excluding hydrogens is 438 g/mol. The van der Waals surface area contributed by atoms with Crippen LogP contribution in [0.1, 0.15) is 32.8 Å². The Balaban J connectivity index is 1.79. The first kappa shape index (κ1) is 22.3. The maximum atomic E-state index is 13.0. The maximum Gasteiger partial charge on any atom is 0.266 e. The summed E-state index contributed by atoms with van der Waals surface area (Å²) in [5.41, 5.74) is 3.51. The van der Waals surface area contributed by atoms with Crippen LogP contribution in [0.15, 0.2) is 65.7 Å². The van der Waals surface area contributed by atoms with Crippen molar-refractivity contribution in [2.45, 2.75) is 33.2 Å². The van der Waals surface area contributed by atoms with Crippen molar-refractivity contribution >= 4 is 40.3 Å². The average molecular weight is 464 g/mol.